The molecule has 0 aliphatic rings. The Bertz CT molecular complexity index is 875. The number of hydrogen-bond donors (Lipinski definition) is 1. The standard InChI is InChI=1S/C14H9ClN4O3/c15-10-3-1-2-9(6-10)14(20)21-19-13(16)8-4-5-11-12(7-8)18-22-17-11/h1-7H,(H2,16,19). The maximum Gasteiger partial charge on any atom is 0.365 e. The molecule has 0 spiro atoms. The van der Waals surface area contributed by atoms with E-state index in [1.165, 1.54) is 6.07 Å². The van der Waals surface area contributed by atoms with Gasteiger partial charge in [0.05, 0.1) is 5.56 Å². The van der Waals surface area contributed by atoms with E-state index in [1.54, 1.807) is 36.4 Å². The van der Waals surface area contributed by atoms with E-state index in [9.17, 15) is 4.79 Å². The summed E-state index contributed by atoms with van der Waals surface area (Å²) in [6.07, 6.45) is 0. The third-order valence-electron chi connectivity index (χ3n) is 2.84. The van der Waals surface area contributed by atoms with Gasteiger partial charge in [-0.05, 0) is 46.7 Å². The number of aromatic nitrogens is 2. The zero-order chi connectivity index (χ0) is 15.5. The topological polar surface area (TPSA) is 104 Å². The number of rotatable bonds is 3. The number of nitrogens with two attached hydrogens (primary N) is 1. The lowest BCUT2D eigenvalue weighted by Gasteiger charge is -2.01. The molecule has 0 aliphatic carbocycles. The number of hydrogen-bond acceptors (Lipinski definition) is 6. The minimum Gasteiger partial charge on any atom is -0.380 e. The van der Waals surface area contributed by atoms with Gasteiger partial charge in [-0.15, -0.1) is 0 Å². The number of benzene rings is 2. The predicted molar refractivity (Wildman–Crippen MR) is 79.4 cm³/mol. The van der Waals surface area contributed by atoms with E-state index in [2.05, 4.69) is 20.1 Å². The summed E-state index contributed by atoms with van der Waals surface area (Å²) in [6.45, 7) is 0. The van der Waals surface area contributed by atoms with Crippen molar-refractivity contribution in [2.75, 3.05) is 0 Å². The van der Waals surface area contributed by atoms with Gasteiger partial charge in [-0.25, -0.2) is 9.42 Å². The molecule has 0 atom stereocenters. The Morgan fingerprint density at radius 2 is 1.95 bits per heavy atom. The van der Waals surface area contributed by atoms with Gasteiger partial charge in [0.15, 0.2) is 5.84 Å². The monoisotopic (exact) mass is 316 g/mol. The number of carbonyl (C=O) groups is 1. The van der Waals surface area contributed by atoms with E-state index in [-0.39, 0.29) is 11.4 Å². The number of carbonyl (C=O) groups excluding carboxylic acids is 1. The highest BCUT2D eigenvalue weighted by molar-refractivity contribution is 6.30. The first-order valence-electron chi connectivity index (χ1n) is 6.16. The summed E-state index contributed by atoms with van der Waals surface area (Å²) in [5.74, 6) is -0.630. The maximum atomic E-state index is 11.8. The minimum atomic E-state index is -0.658. The Kier molecular flexibility index (Phi) is 3.71. The fourth-order valence-electron chi connectivity index (χ4n) is 1.75. The van der Waals surface area contributed by atoms with Gasteiger partial charge in [-0.1, -0.05) is 22.8 Å². The normalized spacial score (nSPS) is 11.6. The van der Waals surface area contributed by atoms with Crippen molar-refractivity contribution in [3.63, 3.8) is 0 Å². The number of halogens is 1. The third-order valence-corrected chi connectivity index (χ3v) is 3.07. The van der Waals surface area contributed by atoms with E-state index in [0.717, 1.165) is 0 Å². The summed E-state index contributed by atoms with van der Waals surface area (Å²) in [5, 5.41) is 11.4. The Labute approximate surface area is 129 Å². The zero-order valence-corrected chi connectivity index (χ0v) is 11.8. The van der Waals surface area contributed by atoms with Gasteiger partial charge < -0.3 is 10.6 Å². The van der Waals surface area contributed by atoms with Gasteiger partial charge in [-0.3, -0.25) is 0 Å². The van der Waals surface area contributed by atoms with Gasteiger partial charge >= 0.3 is 5.97 Å². The van der Waals surface area contributed by atoms with Crippen LogP contribution in [0.3, 0.4) is 0 Å². The molecule has 0 saturated heterocycles. The van der Waals surface area contributed by atoms with Crippen molar-refractivity contribution in [3.8, 4) is 0 Å². The largest absolute Gasteiger partial charge is 0.380 e. The Morgan fingerprint density at radius 1 is 1.14 bits per heavy atom. The highest BCUT2D eigenvalue weighted by Crippen LogP contribution is 2.13. The summed E-state index contributed by atoms with van der Waals surface area (Å²) < 4.78 is 4.59. The molecule has 0 saturated carbocycles. The van der Waals surface area contributed by atoms with Gasteiger partial charge in [-0.2, -0.15) is 0 Å². The Morgan fingerprint density at radius 3 is 2.77 bits per heavy atom. The van der Waals surface area contributed by atoms with Crippen LogP contribution in [0.5, 0.6) is 0 Å². The van der Waals surface area contributed by atoms with E-state index in [0.29, 0.717) is 21.6 Å². The van der Waals surface area contributed by atoms with Crippen LogP contribution in [0.25, 0.3) is 11.0 Å². The van der Waals surface area contributed by atoms with Crippen molar-refractivity contribution in [2.24, 2.45) is 10.9 Å². The SMILES string of the molecule is NC(=NOC(=O)c1cccc(Cl)c1)c1ccc2nonc2c1. The average Bonchev–Trinajstić information content (AvgIpc) is 2.99. The first-order valence-corrected chi connectivity index (χ1v) is 6.54. The maximum absolute atomic E-state index is 11.8. The Balaban J connectivity index is 1.78. The molecule has 22 heavy (non-hydrogen) atoms. The van der Waals surface area contributed by atoms with Crippen LogP contribution in [0.4, 0.5) is 0 Å². The molecule has 0 unspecified atom stereocenters. The average molecular weight is 317 g/mol. The highest BCUT2D eigenvalue weighted by atomic mass is 35.5. The minimum absolute atomic E-state index is 0.0280. The molecule has 0 bridgehead atoms. The zero-order valence-electron chi connectivity index (χ0n) is 11.1. The van der Waals surface area contributed by atoms with Crippen LogP contribution in [-0.2, 0) is 4.84 Å². The summed E-state index contributed by atoms with van der Waals surface area (Å²) in [6, 6.07) is 11.3. The van der Waals surface area contributed by atoms with E-state index >= 15 is 0 Å². The predicted octanol–water partition coefficient (Wildman–Crippen LogP) is 2.35. The van der Waals surface area contributed by atoms with Crippen LogP contribution in [0, 0.1) is 0 Å². The lowest BCUT2D eigenvalue weighted by Crippen LogP contribution is -2.15. The summed E-state index contributed by atoms with van der Waals surface area (Å²) in [7, 11) is 0. The highest BCUT2D eigenvalue weighted by Gasteiger charge is 2.09. The molecule has 110 valence electrons. The number of amidine groups is 1. The Hall–Kier alpha value is -2.93. The van der Waals surface area contributed by atoms with Gasteiger partial charge in [0.2, 0.25) is 0 Å². The van der Waals surface area contributed by atoms with Crippen molar-refractivity contribution in [1.82, 2.24) is 10.3 Å². The van der Waals surface area contributed by atoms with Crippen LogP contribution in [0.2, 0.25) is 5.02 Å². The van der Waals surface area contributed by atoms with Crippen molar-refractivity contribution >= 4 is 34.4 Å². The second-order valence-corrected chi connectivity index (χ2v) is 4.77. The van der Waals surface area contributed by atoms with Gasteiger partial charge in [0, 0.05) is 10.6 Å². The quantitative estimate of drug-likeness (QED) is 0.344. The molecule has 0 fully saturated rings. The number of oxime groups is 1. The summed E-state index contributed by atoms with van der Waals surface area (Å²) >= 11 is 5.80. The van der Waals surface area contributed by atoms with E-state index < -0.39 is 5.97 Å². The van der Waals surface area contributed by atoms with Gasteiger partial charge in [0.25, 0.3) is 0 Å². The fraction of sp³-hybridized carbons (Fsp3) is 0. The lowest BCUT2D eigenvalue weighted by molar-refractivity contribution is 0.0516. The van der Waals surface area contributed by atoms with Crippen molar-refractivity contribution in [3.05, 3.63) is 58.6 Å². The number of fused-ring (bicyclic) bond motifs is 1. The van der Waals surface area contributed by atoms with Crippen LogP contribution in [-0.4, -0.2) is 22.1 Å². The molecular formula is C14H9ClN4O3. The fourth-order valence-corrected chi connectivity index (χ4v) is 1.94. The molecule has 7 nitrogen and oxygen atoms in total. The molecule has 0 aliphatic heterocycles. The van der Waals surface area contributed by atoms with Crippen LogP contribution in [0.1, 0.15) is 15.9 Å². The first-order chi connectivity index (χ1) is 10.6. The summed E-state index contributed by atoms with van der Waals surface area (Å²) in [4.78, 5) is 16.6. The van der Waals surface area contributed by atoms with Crippen LogP contribution >= 0.6 is 11.6 Å². The molecule has 3 rings (SSSR count). The smallest absolute Gasteiger partial charge is 0.365 e. The second kappa shape index (κ2) is 5.82. The molecule has 1 aromatic heterocycles. The van der Waals surface area contributed by atoms with Crippen molar-refractivity contribution < 1.29 is 14.3 Å². The molecular weight excluding hydrogens is 308 g/mol. The van der Waals surface area contributed by atoms with Crippen LogP contribution < -0.4 is 5.73 Å². The van der Waals surface area contributed by atoms with E-state index in [1.807, 2.05) is 0 Å². The van der Waals surface area contributed by atoms with E-state index in [4.69, 9.17) is 22.2 Å². The van der Waals surface area contributed by atoms with Crippen molar-refractivity contribution in [1.29, 1.82) is 0 Å². The lowest BCUT2D eigenvalue weighted by atomic mass is 10.2. The molecule has 8 heteroatoms. The first kappa shape index (κ1) is 14.0. The number of nitrogens with zero attached hydrogens (tertiary/aromatic N) is 3. The third kappa shape index (κ3) is 2.89. The molecule has 0 radical (unpaired) electrons. The molecule has 2 aromatic carbocycles. The molecule has 0 amide bonds. The second-order valence-electron chi connectivity index (χ2n) is 4.33. The van der Waals surface area contributed by atoms with Crippen molar-refractivity contribution in [2.45, 2.75) is 0 Å². The molecule has 1 heterocycles. The molecule has 2 N–H and O–H groups in total. The molecule has 3 aromatic rings. The van der Waals surface area contributed by atoms with Crippen LogP contribution in [0.15, 0.2) is 52.2 Å². The van der Waals surface area contributed by atoms with Gasteiger partial charge in [0.1, 0.15) is 11.0 Å². The summed E-state index contributed by atoms with van der Waals surface area (Å²) in [5.41, 5.74) is 7.70.